The summed E-state index contributed by atoms with van der Waals surface area (Å²) < 4.78 is 0.531. The summed E-state index contributed by atoms with van der Waals surface area (Å²) in [6, 6.07) is 7.82. The minimum Gasteiger partial charge on any atom is -0.380 e. The van der Waals surface area contributed by atoms with Gasteiger partial charge >= 0.3 is 0 Å². The minimum absolute atomic E-state index is 0.0405. The molecule has 2 unspecified atom stereocenters. The third-order valence-electron chi connectivity index (χ3n) is 7.44. The summed E-state index contributed by atoms with van der Waals surface area (Å²) >= 11 is 3.46. The maximum absolute atomic E-state index is 13.3. The van der Waals surface area contributed by atoms with Crippen LogP contribution in [-0.2, 0) is 0 Å². The Morgan fingerprint density at radius 2 is 1.70 bits per heavy atom. The summed E-state index contributed by atoms with van der Waals surface area (Å²) in [6.07, 6.45) is 7.47. The zero-order valence-electron chi connectivity index (χ0n) is 21.5. The molecule has 4 N–H and O–H groups in total. The topological polar surface area (TPSA) is 117 Å². The number of halogens is 1. The normalized spacial score (nSPS) is 23.0. The second kappa shape index (κ2) is 9.74. The number of nitrogens with zero attached hydrogens (tertiary/aromatic N) is 2. The zero-order valence-corrected chi connectivity index (χ0v) is 23.1. The first kappa shape index (κ1) is 25.7. The first-order valence-electron chi connectivity index (χ1n) is 13.0. The van der Waals surface area contributed by atoms with Gasteiger partial charge in [0.05, 0.1) is 11.1 Å². The van der Waals surface area contributed by atoms with Crippen molar-refractivity contribution in [3.05, 3.63) is 51.6 Å². The Kier molecular flexibility index (Phi) is 6.77. The molecule has 1 saturated carbocycles. The van der Waals surface area contributed by atoms with Gasteiger partial charge in [-0.2, -0.15) is 0 Å². The molecule has 2 saturated heterocycles. The molecule has 2 atom stereocenters. The lowest BCUT2D eigenvalue weighted by atomic mass is 9.96. The molecule has 2 amide bonds. The number of piperidine rings is 1. The van der Waals surface area contributed by atoms with Gasteiger partial charge in [-0.1, -0.05) is 0 Å². The number of nitrogens with one attached hydrogen (secondary N) is 2. The molecule has 1 aromatic carbocycles. The first-order chi connectivity index (χ1) is 17.5. The third kappa shape index (κ3) is 5.51. The minimum atomic E-state index is -0.554. The fourth-order valence-electron chi connectivity index (χ4n) is 5.66. The number of pyridine rings is 1. The first-order valence-corrected chi connectivity index (χ1v) is 13.8. The van der Waals surface area contributed by atoms with E-state index in [-0.39, 0.29) is 29.2 Å². The highest BCUT2D eigenvalue weighted by Gasteiger charge is 2.42. The molecule has 2 aromatic rings. The quantitative estimate of drug-likeness (QED) is 0.418. The van der Waals surface area contributed by atoms with Crippen LogP contribution in [0.25, 0.3) is 0 Å². The predicted octanol–water partition coefficient (Wildman–Crippen LogP) is 4.68. The van der Waals surface area contributed by atoms with Crippen molar-refractivity contribution in [1.82, 2.24) is 10.3 Å². The van der Waals surface area contributed by atoms with Crippen molar-refractivity contribution in [2.75, 3.05) is 10.2 Å². The summed E-state index contributed by atoms with van der Waals surface area (Å²) in [7, 11) is 0. The standard InChI is InChI=1S/C28H34BrN5O3/c1-28(2,3)33-23-13-20(22(29)12-21(23)26(30)36)27(37)32-17-10-18-7-8-19(11-17)34(18)24-9-6-16(14-31-24)25(35)15-4-5-15/h6,9,12-15,17-19,33H,4-5,7-8,10-11H2,1-3H3,(H2,30,36)(H,32,37). The number of fused-ring (bicyclic) bond motifs is 2. The monoisotopic (exact) mass is 567 g/mol. The van der Waals surface area contributed by atoms with E-state index in [0.29, 0.717) is 38.9 Å². The van der Waals surface area contributed by atoms with Crippen LogP contribution in [0.5, 0.6) is 0 Å². The third-order valence-corrected chi connectivity index (χ3v) is 8.10. The van der Waals surface area contributed by atoms with Gasteiger partial charge in [0.15, 0.2) is 5.78 Å². The molecule has 3 fully saturated rings. The SMILES string of the molecule is CC(C)(C)Nc1cc(C(=O)NC2CC3CCC(C2)N3c2ccc(C(=O)C3CC3)cn2)c(Br)cc1C(N)=O. The number of hydrogen-bond acceptors (Lipinski definition) is 6. The smallest absolute Gasteiger partial charge is 0.252 e. The van der Waals surface area contributed by atoms with E-state index in [1.54, 1.807) is 18.3 Å². The van der Waals surface area contributed by atoms with E-state index < -0.39 is 5.91 Å². The van der Waals surface area contributed by atoms with Crippen LogP contribution in [0, 0.1) is 5.92 Å². The fourth-order valence-corrected chi connectivity index (χ4v) is 6.18. The molecule has 2 bridgehead atoms. The summed E-state index contributed by atoms with van der Waals surface area (Å²) in [5.41, 5.74) is 7.32. The number of carbonyl (C=O) groups is 3. The molecular weight excluding hydrogens is 534 g/mol. The Balaban J connectivity index is 1.28. The van der Waals surface area contributed by atoms with Crippen LogP contribution in [0.15, 0.2) is 34.9 Å². The number of Topliss-reactive ketones (excluding diaryl/α,β-unsaturated/α-hetero) is 1. The van der Waals surface area contributed by atoms with Gasteiger partial charge < -0.3 is 21.3 Å². The van der Waals surface area contributed by atoms with Crippen LogP contribution < -0.4 is 21.3 Å². The molecule has 8 nitrogen and oxygen atoms in total. The number of nitrogens with two attached hydrogens (primary N) is 1. The van der Waals surface area contributed by atoms with E-state index in [4.69, 9.17) is 5.73 Å². The van der Waals surface area contributed by atoms with Crippen LogP contribution in [0.3, 0.4) is 0 Å². The molecule has 1 aromatic heterocycles. The van der Waals surface area contributed by atoms with Gasteiger partial charge in [0.1, 0.15) is 5.82 Å². The number of primary amides is 1. The van der Waals surface area contributed by atoms with Crippen LogP contribution >= 0.6 is 15.9 Å². The molecular formula is C28H34BrN5O3. The number of rotatable bonds is 7. The lowest BCUT2D eigenvalue weighted by molar-refractivity contribution is 0.0923. The molecule has 196 valence electrons. The summed E-state index contributed by atoms with van der Waals surface area (Å²) in [4.78, 5) is 44.7. The number of benzene rings is 1. The molecule has 0 spiro atoms. The fraction of sp³-hybridized carbons (Fsp3) is 0.500. The van der Waals surface area contributed by atoms with Crippen molar-refractivity contribution >= 4 is 45.0 Å². The predicted molar refractivity (Wildman–Crippen MR) is 147 cm³/mol. The molecule has 2 aliphatic heterocycles. The summed E-state index contributed by atoms with van der Waals surface area (Å²) in [5.74, 6) is 0.572. The number of ketones is 1. The Hall–Kier alpha value is -2.94. The summed E-state index contributed by atoms with van der Waals surface area (Å²) in [6.45, 7) is 5.95. The Bertz CT molecular complexity index is 1220. The van der Waals surface area contributed by atoms with Gasteiger partial charge in [-0.25, -0.2) is 4.98 Å². The molecule has 5 rings (SSSR count). The van der Waals surface area contributed by atoms with E-state index >= 15 is 0 Å². The Morgan fingerprint density at radius 3 is 2.24 bits per heavy atom. The molecule has 9 heteroatoms. The average Bonchev–Trinajstić information content (AvgIpc) is 3.63. The number of carbonyl (C=O) groups excluding carboxylic acids is 3. The molecule has 3 aliphatic rings. The maximum atomic E-state index is 13.3. The van der Waals surface area contributed by atoms with Crippen molar-refractivity contribution in [2.24, 2.45) is 11.7 Å². The van der Waals surface area contributed by atoms with Gasteiger partial charge in [0.25, 0.3) is 11.8 Å². The van der Waals surface area contributed by atoms with Gasteiger partial charge in [-0.05, 0) is 99.5 Å². The van der Waals surface area contributed by atoms with Crippen LogP contribution in [-0.4, -0.2) is 46.2 Å². The van der Waals surface area contributed by atoms with Gasteiger partial charge in [-0.3, -0.25) is 14.4 Å². The highest BCUT2D eigenvalue weighted by molar-refractivity contribution is 9.10. The number of anilines is 2. The van der Waals surface area contributed by atoms with E-state index in [9.17, 15) is 14.4 Å². The van der Waals surface area contributed by atoms with Crippen LogP contribution in [0.4, 0.5) is 11.5 Å². The lowest BCUT2D eigenvalue weighted by Crippen LogP contribution is -2.50. The van der Waals surface area contributed by atoms with Gasteiger partial charge in [0.2, 0.25) is 0 Å². The second-order valence-corrected chi connectivity index (χ2v) is 12.4. The van der Waals surface area contributed by atoms with Gasteiger partial charge in [0, 0.05) is 51.5 Å². The zero-order chi connectivity index (χ0) is 26.5. The van der Waals surface area contributed by atoms with Crippen molar-refractivity contribution in [2.45, 2.75) is 83.0 Å². The molecule has 37 heavy (non-hydrogen) atoms. The van der Waals surface area contributed by atoms with Crippen LogP contribution in [0.2, 0.25) is 0 Å². The summed E-state index contributed by atoms with van der Waals surface area (Å²) in [5, 5.41) is 6.52. The van der Waals surface area contributed by atoms with Gasteiger partial charge in [-0.15, -0.1) is 0 Å². The van der Waals surface area contributed by atoms with E-state index in [0.717, 1.165) is 44.3 Å². The van der Waals surface area contributed by atoms with E-state index in [1.807, 2.05) is 32.9 Å². The molecule has 1 aliphatic carbocycles. The highest BCUT2D eigenvalue weighted by atomic mass is 79.9. The highest BCUT2D eigenvalue weighted by Crippen LogP contribution is 2.39. The average molecular weight is 569 g/mol. The van der Waals surface area contributed by atoms with Crippen molar-refractivity contribution < 1.29 is 14.4 Å². The number of amides is 2. The largest absolute Gasteiger partial charge is 0.380 e. The van der Waals surface area contributed by atoms with E-state index in [1.165, 1.54) is 0 Å². The van der Waals surface area contributed by atoms with Crippen molar-refractivity contribution in [3.8, 4) is 0 Å². The Morgan fingerprint density at radius 1 is 1.03 bits per heavy atom. The van der Waals surface area contributed by atoms with Crippen molar-refractivity contribution in [1.29, 1.82) is 0 Å². The van der Waals surface area contributed by atoms with E-state index in [2.05, 4.69) is 36.4 Å². The number of hydrogen-bond donors (Lipinski definition) is 3. The Labute approximate surface area is 225 Å². The van der Waals surface area contributed by atoms with Crippen molar-refractivity contribution in [3.63, 3.8) is 0 Å². The van der Waals surface area contributed by atoms with Crippen LogP contribution in [0.1, 0.15) is 90.4 Å². The molecule has 0 radical (unpaired) electrons. The maximum Gasteiger partial charge on any atom is 0.252 e. The molecule has 3 heterocycles. The lowest BCUT2D eigenvalue weighted by Gasteiger charge is -2.40. The number of aromatic nitrogens is 1. The second-order valence-electron chi connectivity index (χ2n) is 11.6.